The van der Waals surface area contributed by atoms with Crippen molar-refractivity contribution in [2.45, 2.75) is 38.3 Å². The van der Waals surface area contributed by atoms with Crippen molar-refractivity contribution in [3.8, 4) is 0 Å². The molecule has 1 saturated heterocycles. The summed E-state index contributed by atoms with van der Waals surface area (Å²) >= 11 is 0. The summed E-state index contributed by atoms with van der Waals surface area (Å²) in [5.41, 5.74) is 1.28. The summed E-state index contributed by atoms with van der Waals surface area (Å²) in [7, 11) is 1.99. The van der Waals surface area contributed by atoms with Crippen LogP contribution in [0.4, 0.5) is 0 Å². The molecule has 1 aromatic heterocycles. The van der Waals surface area contributed by atoms with Crippen molar-refractivity contribution >= 4 is 0 Å². The van der Waals surface area contributed by atoms with Gasteiger partial charge < -0.3 is 10.1 Å². The molecule has 2 atom stereocenters. The maximum Gasteiger partial charge on any atom is 0.0561 e. The summed E-state index contributed by atoms with van der Waals surface area (Å²) in [6.07, 6.45) is 5.57. The number of hydrogen-bond donors (Lipinski definition) is 1. The molecule has 0 spiro atoms. The van der Waals surface area contributed by atoms with Gasteiger partial charge in [0.25, 0.3) is 0 Å². The summed E-state index contributed by atoms with van der Waals surface area (Å²) in [5, 5.41) is 7.76. The minimum Gasteiger partial charge on any atom is -0.378 e. The van der Waals surface area contributed by atoms with Gasteiger partial charge in [-0.05, 0) is 25.8 Å². The molecule has 2 rings (SSSR count). The standard InChI is InChI=1S/C12H21N3O/c1-10-9-11(5-8-16-10)13-6-3-12-4-7-14-15(12)2/h4,7,10-11,13H,3,5-6,8-9H2,1-2H3. The maximum absolute atomic E-state index is 5.53. The fraction of sp³-hybridized carbons (Fsp3) is 0.750. The normalized spacial score (nSPS) is 25.9. The van der Waals surface area contributed by atoms with E-state index in [1.165, 1.54) is 5.69 Å². The van der Waals surface area contributed by atoms with Crippen LogP contribution in [-0.2, 0) is 18.2 Å². The van der Waals surface area contributed by atoms with Crippen molar-refractivity contribution in [3.05, 3.63) is 18.0 Å². The zero-order chi connectivity index (χ0) is 11.4. The van der Waals surface area contributed by atoms with E-state index in [1.807, 2.05) is 17.9 Å². The molecule has 4 nitrogen and oxygen atoms in total. The van der Waals surface area contributed by atoms with E-state index in [-0.39, 0.29) is 0 Å². The Kier molecular flexibility index (Phi) is 3.96. The molecular weight excluding hydrogens is 202 g/mol. The molecule has 2 unspecified atom stereocenters. The number of nitrogens with one attached hydrogen (secondary N) is 1. The van der Waals surface area contributed by atoms with Gasteiger partial charge in [-0.2, -0.15) is 5.10 Å². The number of ether oxygens (including phenoxy) is 1. The molecule has 0 bridgehead atoms. The monoisotopic (exact) mass is 223 g/mol. The van der Waals surface area contributed by atoms with Crippen LogP contribution in [0.5, 0.6) is 0 Å². The van der Waals surface area contributed by atoms with E-state index in [9.17, 15) is 0 Å². The average Bonchev–Trinajstić information content (AvgIpc) is 2.65. The number of hydrogen-bond acceptors (Lipinski definition) is 3. The topological polar surface area (TPSA) is 39.1 Å². The molecular formula is C12H21N3O. The third-order valence-electron chi connectivity index (χ3n) is 3.22. The Morgan fingerprint density at radius 3 is 3.19 bits per heavy atom. The van der Waals surface area contributed by atoms with Gasteiger partial charge in [-0.3, -0.25) is 4.68 Å². The zero-order valence-corrected chi connectivity index (χ0v) is 10.1. The minimum absolute atomic E-state index is 0.406. The van der Waals surface area contributed by atoms with Crippen molar-refractivity contribution < 1.29 is 4.74 Å². The molecule has 90 valence electrons. The quantitative estimate of drug-likeness (QED) is 0.831. The van der Waals surface area contributed by atoms with E-state index in [4.69, 9.17) is 4.74 Å². The minimum atomic E-state index is 0.406. The van der Waals surface area contributed by atoms with Crippen molar-refractivity contribution in [3.63, 3.8) is 0 Å². The van der Waals surface area contributed by atoms with Crippen LogP contribution in [0.3, 0.4) is 0 Å². The summed E-state index contributed by atoms with van der Waals surface area (Å²) < 4.78 is 7.46. The molecule has 0 saturated carbocycles. The Morgan fingerprint density at radius 1 is 1.62 bits per heavy atom. The molecule has 16 heavy (non-hydrogen) atoms. The summed E-state index contributed by atoms with van der Waals surface area (Å²) in [4.78, 5) is 0. The molecule has 0 aliphatic carbocycles. The van der Waals surface area contributed by atoms with E-state index in [2.05, 4.69) is 23.4 Å². The van der Waals surface area contributed by atoms with Crippen LogP contribution in [0, 0.1) is 0 Å². The van der Waals surface area contributed by atoms with Gasteiger partial charge in [0.2, 0.25) is 0 Å². The summed E-state index contributed by atoms with van der Waals surface area (Å²) in [6.45, 7) is 4.07. The average molecular weight is 223 g/mol. The Labute approximate surface area is 97.0 Å². The Morgan fingerprint density at radius 2 is 2.50 bits per heavy atom. The number of aromatic nitrogens is 2. The van der Waals surface area contributed by atoms with Crippen molar-refractivity contribution in [2.24, 2.45) is 7.05 Å². The Bertz CT molecular complexity index is 324. The molecule has 1 N–H and O–H groups in total. The Balaban J connectivity index is 1.70. The lowest BCUT2D eigenvalue weighted by molar-refractivity contribution is 0.0135. The highest BCUT2D eigenvalue weighted by Crippen LogP contribution is 2.12. The van der Waals surface area contributed by atoms with Crippen molar-refractivity contribution in [2.75, 3.05) is 13.2 Å². The summed E-state index contributed by atoms with van der Waals surface area (Å²) in [5.74, 6) is 0. The fourth-order valence-corrected chi connectivity index (χ4v) is 2.23. The fourth-order valence-electron chi connectivity index (χ4n) is 2.23. The second kappa shape index (κ2) is 5.46. The van der Waals surface area contributed by atoms with Gasteiger partial charge in [0.15, 0.2) is 0 Å². The molecule has 1 fully saturated rings. The maximum atomic E-state index is 5.53. The van der Waals surface area contributed by atoms with Crippen LogP contribution in [0.15, 0.2) is 12.3 Å². The van der Waals surface area contributed by atoms with Gasteiger partial charge in [-0.25, -0.2) is 0 Å². The third-order valence-corrected chi connectivity index (χ3v) is 3.22. The van der Waals surface area contributed by atoms with E-state index < -0.39 is 0 Å². The van der Waals surface area contributed by atoms with E-state index >= 15 is 0 Å². The van der Waals surface area contributed by atoms with Gasteiger partial charge >= 0.3 is 0 Å². The first-order valence-electron chi connectivity index (χ1n) is 6.07. The van der Waals surface area contributed by atoms with Gasteiger partial charge in [0.1, 0.15) is 0 Å². The van der Waals surface area contributed by atoms with Crippen LogP contribution < -0.4 is 5.32 Å². The molecule has 1 aliphatic rings. The molecule has 0 aromatic carbocycles. The van der Waals surface area contributed by atoms with Crippen molar-refractivity contribution in [1.29, 1.82) is 0 Å². The second-order valence-corrected chi connectivity index (χ2v) is 4.55. The molecule has 1 aliphatic heterocycles. The van der Waals surface area contributed by atoms with Gasteiger partial charge in [0.05, 0.1) is 6.10 Å². The predicted molar refractivity (Wildman–Crippen MR) is 63.4 cm³/mol. The van der Waals surface area contributed by atoms with Gasteiger partial charge in [-0.1, -0.05) is 0 Å². The van der Waals surface area contributed by atoms with E-state index in [1.54, 1.807) is 0 Å². The van der Waals surface area contributed by atoms with Crippen LogP contribution in [0.1, 0.15) is 25.5 Å². The predicted octanol–water partition coefficient (Wildman–Crippen LogP) is 1.12. The number of aryl methyl sites for hydroxylation is 1. The lowest BCUT2D eigenvalue weighted by atomic mass is 10.0. The zero-order valence-electron chi connectivity index (χ0n) is 10.1. The highest BCUT2D eigenvalue weighted by Gasteiger charge is 2.18. The summed E-state index contributed by atoms with van der Waals surface area (Å²) in [6, 6.07) is 2.70. The molecule has 4 heteroatoms. The van der Waals surface area contributed by atoms with E-state index in [0.29, 0.717) is 12.1 Å². The largest absolute Gasteiger partial charge is 0.378 e. The van der Waals surface area contributed by atoms with Crippen LogP contribution in [-0.4, -0.2) is 35.1 Å². The van der Waals surface area contributed by atoms with Crippen LogP contribution in [0.2, 0.25) is 0 Å². The number of nitrogens with zero attached hydrogens (tertiary/aromatic N) is 2. The molecule has 0 radical (unpaired) electrons. The SMILES string of the molecule is CC1CC(NCCc2ccnn2C)CCO1. The second-order valence-electron chi connectivity index (χ2n) is 4.55. The lowest BCUT2D eigenvalue weighted by Gasteiger charge is -2.28. The highest BCUT2D eigenvalue weighted by molar-refractivity contribution is 5.00. The van der Waals surface area contributed by atoms with Crippen LogP contribution >= 0.6 is 0 Å². The van der Waals surface area contributed by atoms with Gasteiger partial charge in [-0.15, -0.1) is 0 Å². The first-order valence-corrected chi connectivity index (χ1v) is 6.07. The van der Waals surface area contributed by atoms with E-state index in [0.717, 1.165) is 32.4 Å². The first-order chi connectivity index (χ1) is 7.75. The van der Waals surface area contributed by atoms with Gasteiger partial charge in [0, 0.05) is 44.6 Å². The smallest absolute Gasteiger partial charge is 0.0561 e. The van der Waals surface area contributed by atoms with Crippen molar-refractivity contribution in [1.82, 2.24) is 15.1 Å². The molecule has 2 heterocycles. The van der Waals surface area contributed by atoms with Crippen LogP contribution in [0.25, 0.3) is 0 Å². The highest BCUT2D eigenvalue weighted by atomic mass is 16.5. The lowest BCUT2D eigenvalue weighted by Crippen LogP contribution is -2.39. The Hall–Kier alpha value is -0.870. The number of rotatable bonds is 4. The molecule has 1 aromatic rings. The third kappa shape index (κ3) is 3.06. The first kappa shape index (κ1) is 11.6. The molecule has 0 amide bonds.